The highest BCUT2D eigenvalue weighted by molar-refractivity contribution is 6.12. The van der Waals surface area contributed by atoms with Crippen molar-refractivity contribution >= 4 is 29.0 Å². The van der Waals surface area contributed by atoms with E-state index in [0.29, 0.717) is 54.2 Å². The van der Waals surface area contributed by atoms with Crippen molar-refractivity contribution in [2.45, 2.75) is 31.7 Å². The molecule has 4 aromatic carbocycles. The molecule has 0 saturated heterocycles. The molecule has 0 heterocycles. The molecule has 0 spiro atoms. The van der Waals surface area contributed by atoms with Crippen molar-refractivity contribution in [3.05, 3.63) is 126 Å². The Kier molecular flexibility index (Phi) is 10.0. The molecular formula is C36H35FN2O5. The lowest BCUT2D eigenvalue weighted by molar-refractivity contribution is -0.141. The number of anilines is 2. The van der Waals surface area contributed by atoms with Crippen molar-refractivity contribution in [1.82, 2.24) is 0 Å². The number of carbonyl (C=O) groups excluding carboxylic acids is 3. The second kappa shape index (κ2) is 14.5. The van der Waals surface area contributed by atoms with Crippen LogP contribution >= 0.6 is 0 Å². The third-order valence-corrected chi connectivity index (χ3v) is 7.49. The summed E-state index contributed by atoms with van der Waals surface area (Å²) >= 11 is 0. The van der Waals surface area contributed by atoms with Gasteiger partial charge in [-0.05, 0) is 67.3 Å². The van der Waals surface area contributed by atoms with E-state index in [-0.39, 0.29) is 23.4 Å². The highest BCUT2D eigenvalue weighted by Gasteiger charge is 2.34. The zero-order valence-electron chi connectivity index (χ0n) is 24.6. The molecule has 1 saturated carbocycles. The number of ether oxygens (including phenoxy) is 2. The van der Waals surface area contributed by atoms with E-state index < -0.39 is 12.0 Å². The Bertz CT molecular complexity index is 1590. The van der Waals surface area contributed by atoms with E-state index in [4.69, 9.17) is 9.47 Å². The van der Waals surface area contributed by atoms with Gasteiger partial charge in [-0.3, -0.25) is 9.59 Å². The van der Waals surface area contributed by atoms with Gasteiger partial charge < -0.3 is 19.7 Å². The van der Waals surface area contributed by atoms with Crippen LogP contribution in [-0.2, 0) is 20.7 Å². The first-order valence-electron chi connectivity index (χ1n) is 14.7. The smallest absolute Gasteiger partial charge is 0.328 e. The molecule has 4 aromatic rings. The van der Waals surface area contributed by atoms with Crippen LogP contribution < -0.4 is 15.0 Å². The number of halogens is 1. The van der Waals surface area contributed by atoms with Crippen molar-refractivity contribution in [3.63, 3.8) is 0 Å². The second-order valence-electron chi connectivity index (χ2n) is 10.8. The first-order valence-corrected chi connectivity index (χ1v) is 14.7. The van der Waals surface area contributed by atoms with E-state index in [9.17, 15) is 18.8 Å². The van der Waals surface area contributed by atoms with Gasteiger partial charge in [0.05, 0.1) is 13.7 Å². The van der Waals surface area contributed by atoms with Crippen LogP contribution in [0.15, 0.2) is 103 Å². The zero-order chi connectivity index (χ0) is 30.9. The summed E-state index contributed by atoms with van der Waals surface area (Å²) in [6.45, 7) is 0.805. The molecule has 0 aromatic heterocycles. The molecule has 1 fully saturated rings. The lowest BCUT2D eigenvalue weighted by Gasteiger charge is -2.23. The van der Waals surface area contributed by atoms with Crippen LogP contribution in [0.3, 0.4) is 0 Å². The van der Waals surface area contributed by atoms with Crippen LogP contribution in [0.5, 0.6) is 5.75 Å². The maximum absolute atomic E-state index is 13.8. The molecule has 7 nitrogen and oxygen atoms in total. The van der Waals surface area contributed by atoms with E-state index in [1.54, 1.807) is 47.4 Å². The van der Waals surface area contributed by atoms with Crippen molar-refractivity contribution in [1.29, 1.82) is 0 Å². The van der Waals surface area contributed by atoms with Gasteiger partial charge in [0.15, 0.2) is 5.78 Å². The molecule has 226 valence electrons. The van der Waals surface area contributed by atoms with Gasteiger partial charge in [0.2, 0.25) is 5.91 Å². The molecule has 1 N–H and O–H groups in total. The fourth-order valence-electron chi connectivity index (χ4n) is 5.01. The molecular weight excluding hydrogens is 559 g/mol. The normalized spacial score (nSPS) is 13.0. The van der Waals surface area contributed by atoms with Crippen LogP contribution in [-0.4, -0.2) is 44.0 Å². The molecule has 8 heteroatoms. The molecule has 0 bridgehead atoms. The molecule has 44 heavy (non-hydrogen) atoms. The Morgan fingerprint density at radius 1 is 0.909 bits per heavy atom. The quantitative estimate of drug-likeness (QED) is 0.102. The topological polar surface area (TPSA) is 84.9 Å². The number of hydrogen-bond acceptors (Lipinski definition) is 6. The van der Waals surface area contributed by atoms with Crippen molar-refractivity contribution in [3.8, 4) is 5.75 Å². The first kappa shape index (κ1) is 30.5. The average molecular weight is 595 g/mol. The van der Waals surface area contributed by atoms with E-state index in [1.165, 1.54) is 19.2 Å². The molecule has 1 atom stereocenters. The van der Waals surface area contributed by atoms with Crippen molar-refractivity contribution < 1.29 is 28.2 Å². The summed E-state index contributed by atoms with van der Waals surface area (Å²) in [5, 5.41) is 3.22. The van der Waals surface area contributed by atoms with Gasteiger partial charge in [0.1, 0.15) is 17.6 Å². The number of rotatable bonds is 14. The fraction of sp³-hybridized carbons (Fsp3) is 0.250. The average Bonchev–Trinajstić information content (AvgIpc) is 3.91. The lowest BCUT2D eigenvalue weighted by Crippen LogP contribution is -2.34. The Morgan fingerprint density at radius 2 is 1.64 bits per heavy atom. The summed E-state index contributed by atoms with van der Waals surface area (Å²) in [5.74, 6) is -0.262. The number of nitrogens with one attached hydrogen (secondary N) is 1. The number of para-hydroxylation sites is 1. The molecule has 1 amide bonds. The number of nitrogens with zero attached hydrogens (tertiary/aromatic N) is 1. The Balaban J connectivity index is 1.18. The molecule has 0 aliphatic heterocycles. The SMILES string of the molecule is COC(=O)C(Cc1ccc(OCCCN(C(=O)C2CC2)c2cccc(F)c2)cc1)Nc1ccccc1C(=O)c1ccccc1. The minimum atomic E-state index is -0.727. The van der Waals surface area contributed by atoms with Crippen molar-refractivity contribution in [2.75, 3.05) is 30.5 Å². The summed E-state index contributed by atoms with van der Waals surface area (Å²) < 4.78 is 24.8. The standard InChI is InChI=1S/C36H35FN2O5/c1-43-36(42)33(38-32-14-6-5-13-31(32)34(40)26-9-3-2-4-10-26)23-25-15-19-30(20-16-25)44-22-8-21-39(35(41)27-17-18-27)29-12-7-11-28(37)24-29/h2-7,9-16,19-20,24,27,33,38H,8,17-18,21-23H2,1H3. The lowest BCUT2D eigenvalue weighted by atomic mass is 10.00. The van der Waals surface area contributed by atoms with Gasteiger partial charge in [0.25, 0.3) is 0 Å². The van der Waals surface area contributed by atoms with Gasteiger partial charge >= 0.3 is 5.97 Å². The third-order valence-electron chi connectivity index (χ3n) is 7.49. The Morgan fingerprint density at radius 3 is 2.34 bits per heavy atom. The van der Waals surface area contributed by atoms with E-state index in [1.807, 2.05) is 48.5 Å². The number of benzene rings is 4. The van der Waals surface area contributed by atoms with Crippen LogP contribution in [0, 0.1) is 11.7 Å². The number of methoxy groups -OCH3 is 1. The molecule has 5 rings (SSSR count). The number of esters is 1. The maximum atomic E-state index is 13.8. The minimum absolute atomic E-state index is 0.0212. The van der Waals surface area contributed by atoms with E-state index >= 15 is 0 Å². The summed E-state index contributed by atoms with van der Waals surface area (Å²) in [6.07, 6.45) is 2.65. The Hall–Kier alpha value is -4.98. The maximum Gasteiger partial charge on any atom is 0.328 e. The molecule has 0 radical (unpaired) electrons. The van der Waals surface area contributed by atoms with E-state index in [2.05, 4.69) is 5.32 Å². The number of amides is 1. The summed E-state index contributed by atoms with van der Waals surface area (Å²) in [4.78, 5) is 40.4. The van der Waals surface area contributed by atoms with Gasteiger partial charge in [-0.15, -0.1) is 0 Å². The van der Waals surface area contributed by atoms with Crippen LogP contribution in [0.4, 0.5) is 15.8 Å². The largest absolute Gasteiger partial charge is 0.494 e. The van der Waals surface area contributed by atoms with Crippen molar-refractivity contribution in [2.24, 2.45) is 5.92 Å². The molecule has 1 unspecified atom stereocenters. The first-order chi connectivity index (χ1) is 21.4. The summed E-state index contributed by atoms with van der Waals surface area (Å²) in [6, 6.07) is 28.9. The Labute approximate surface area is 256 Å². The fourth-order valence-corrected chi connectivity index (χ4v) is 5.01. The van der Waals surface area contributed by atoms with Crippen LogP contribution in [0.25, 0.3) is 0 Å². The monoisotopic (exact) mass is 594 g/mol. The summed E-state index contributed by atoms with van der Waals surface area (Å²) in [5.41, 5.74) is 3.00. The highest BCUT2D eigenvalue weighted by Crippen LogP contribution is 2.33. The second-order valence-corrected chi connectivity index (χ2v) is 10.8. The predicted molar refractivity (Wildman–Crippen MR) is 167 cm³/mol. The molecule has 1 aliphatic rings. The van der Waals surface area contributed by atoms with Gasteiger partial charge in [0, 0.05) is 41.4 Å². The third kappa shape index (κ3) is 7.89. The van der Waals surface area contributed by atoms with E-state index in [0.717, 1.165) is 18.4 Å². The summed E-state index contributed by atoms with van der Waals surface area (Å²) in [7, 11) is 1.34. The van der Waals surface area contributed by atoms with Gasteiger partial charge in [-0.1, -0.05) is 60.7 Å². The minimum Gasteiger partial charge on any atom is -0.494 e. The van der Waals surface area contributed by atoms with Gasteiger partial charge in [-0.25, -0.2) is 9.18 Å². The van der Waals surface area contributed by atoms with Gasteiger partial charge in [-0.2, -0.15) is 0 Å². The highest BCUT2D eigenvalue weighted by atomic mass is 19.1. The zero-order valence-corrected chi connectivity index (χ0v) is 24.6. The predicted octanol–water partition coefficient (Wildman–Crippen LogP) is 6.47. The van der Waals surface area contributed by atoms with Crippen LogP contribution in [0.2, 0.25) is 0 Å². The number of ketones is 1. The number of hydrogen-bond donors (Lipinski definition) is 1. The molecule has 1 aliphatic carbocycles. The van der Waals surface area contributed by atoms with Crippen LogP contribution in [0.1, 0.15) is 40.7 Å². The number of carbonyl (C=O) groups is 3.